The van der Waals surface area contributed by atoms with Crippen molar-refractivity contribution in [2.75, 3.05) is 18.5 Å². The van der Waals surface area contributed by atoms with Gasteiger partial charge in [-0.3, -0.25) is 18.5 Å². The van der Waals surface area contributed by atoms with Gasteiger partial charge in [0.1, 0.15) is 0 Å². The molecule has 1 N–H and O–H groups in total. The van der Waals surface area contributed by atoms with Crippen molar-refractivity contribution < 1.29 is 4.74 Å². The number of aromatic nitrogens is 4. The fourth-order valence-electron chi connectivity index (χ4n) is 3.54. The van der Waals surface area contributed by atoms with Crippen molar-refractivity contribution in [2.45, 2.75) is 25.5 Å². The van der Waals surface area contributed by atoms with E-state index in [0.717, 1.165) is 29.6 Å². The van der Waals surface area contributed by atoms with Crippen molar-refractivity contribution in [3.63, 3.8) is 0 Å². The highest BCUT2D eigenvalue weighted by Crippen LogP contribution is 2.22. The lowest BCUT2D eigenvalue weighted by Gasteiger charge is -2.14. The monoisotopic (exact) mass is 403 g/mol. The van der Waals surface area contributed by atoms with Gasteiger partial charge in [0.15, 0.2) is 11.2 Å². The van der Waals surface area contributed by atoms with Crippen LogP contribution in [-0.4, -0.2) is 37.9 Å². The molecule has 3 heterocycles. The molecule has 2 aromatic heterocycles. The van der Waals surface area contributed by atoms with Crippen molar-refractivity contribution in [1.82, 2.24) is 18.7 Å². The quantitative estimate of drug-likeness (QED) is 0.701. The lowest BCUT2D eigenvalue weighted by molar-refractivity contribution is 0.120. The third-order valence-electron chi connectivity index (χ3n) is 5.15. The highest BCUT2D eigenvalue weighted by Gasteiger charge is 2.21. The minimum Gasteiger partial charge on any atom is -0.376 e. The van der Waals surface area contributed by atoms with Gasteiger partial charge in [-0.05, 0) is 24.5 Å². The number of rotatable bonds is 5. The SMILES string of the molecule is Cn1c(=O)c2c(nc(NCC3CCCO3)n2Cc2ccccc2Cl)n(C)c1=O. The number of benzene rings is 1. The molecule has 28 heavy (non-hydrogen) atoms. The van der Waals surface area contributed by atoms with E-state index in [-0.39, 0.29) is 11.7 Å². The third-order valence-corrected chi connectivity index (χ3v) is 5.51. The van der Waals surface area contributed by atoms with Crippen LogP contribution < -0.4 is 16.6 Å². The van der Waals surface area contributed by atoms with E-state index in [0.29, 0.717) is 35.2 Å². The molecule has 0 amide bonds. The van der Waals surface area contributed by atoms with Crippen molar-refractivity contribution >= 4 is 28.7 Å². The Balaban J connectivity index is 1.85. The largest absolute Gasteiger partial charge is 0.376 e. The molecule has 1 aromatic carbocycles. The normalized spacial score (nSPS) is 16.8. The van der Waals surface area contributed by atoms with Crippen LogP contribution in [0.2, 0.25) is 5.02 Å². The second-order valence-electron chi connectivity index (χ2n) is 7.01. The van der Waals surface area contributed by atoms with Gasteiger partial charge in [0.25, 0.3) is 5.56 Å². The Bertz CT molecular complexity index is 1140. The number of aryl methyl sites for hydroxylation is 1. The van der Waals surface area contributed by atoms with E-state index in [1.807, 2.05) is 24.3 Å². The number of hydrogen-bond donors (Lipinski definition) is 1. The van der Waals surface area contributed by atoms with E-state index in [9.17, 15) is 9.59 Å². The molecule has 1 atom stereocenters. The first-order valence-corrected chi connectivity index (χ1v) is 9.60. The van der Waals surface area contributed by atoms with Crippen LogP contribution in [0.15, 0.2) is 33.9 Å². The molecule has 1 aliphatic rings. The first kappa shape index (κ1) is 18.8. The zero-order valence-corrected chi connectivity index (χ0v) is 16.6. The first-order chi connectivity index (χ1) is 13.5. The fourth-order valence-corrected chi connectivity index (χ4v) is 3.74. The van der Waals surface area contributed by atoms with Crippen LogP contribution in [0.1, 0.15) is 18.4 Å². The summed E-state index contributed by atoms with van der Waals surface area (Å²) in [7, 11) is 3.08. The van der Waals surface area contributed by atoms with Gasteiger partial charge in [-0.1, -0.05) is 29.8 Å². The van der Waals surface area contributed by atoms with Crippen LogP contribution in [0.4, 0.5) is 5.95 Å². The highest BCUT2D eigenvalue weighted by molar-refractivity contribution is 6.31. The summed E-state index contributed by atoms with van der Waals surface area (Å²) < 4.78 is 9.94. The van der Waals surface area contributed by atoms with Gasteiger partial charge in [0, 0.05) is 32.3 Å². The average Bonchev–Trinajstić information content (AvgIpc) is 3.33. The van der Waals surface area contributed by atoms with Gasteiger partial charge in [-0.15, -0.1) is 0 Å². The minimum atomic E-state index is -0.412. The zero-order chi connectivity index (χ0) is 19.8. The van der Waals surface area contributed by atoms with E-state index in [1.165, 1.54) is 11.6 Å². The Morgan fingerprint density at radius 3 is 2.75 bits per heavy atom. The van der Waals surface area contributed by atoms with Crippen LogP contribution in [0.5, 0.6) is 0 Å². The van der Waals surface area contributed by atoms with Gasteiger partial charge in [0.05, 0.1) is 12.6 Å². The Labute approximate surface area is 166 Å². The summed E-state index contributed by atoms with van der Waals surface area (Å²) >= 11 is 6.34. The number of halogens is 1. The number of nitrogens with one attached hydrogen (secondary N) is 1. The maximum absolute atomic E-state index is 12.9. The molecule has 1 aliphatic heterocycles. The third kappa shape index (κ3) is 3.22. The molecule has 0 radical (unpaired) electrons. The van der Waals surface area contributed by atoms with Gasteiger partial charge in [0.2, 0.25) is 5.95 Å². The first-order valence-electron chi connectivity index (χ1n) is 9.22. The molecule has 9 heteroatoms. The van der Waals surface area contributed by atoms with Gasteiger partial charge >= 0.3 is 5.69 Å². The minimum absolute atomic E-state index is 0.111. The average molecular weight is 404 g/mol. The number of hydrogen-bond acceptors (Lipinski definition) is 5. The van der Waals surface area contributed by atoms with Crippen molar-refractivity contribution in [2.24, 2.45) is 14.1 Å². The number of fused-ring (bicyclic) bond motifs is 1. The molecule has 1 unspecified atom stereocenters. The van der Waals surface area contributed by atoms with Crippen LogP contribution in [0.25, 0.3) is 11.2 Å². The van der Waals surface area contributed by atoms with Gasteiger partial charge < -0.3 is 10.1 Å². The number of imidazole rings is 1. The summed E-state index contributed by atoms with van der Waals surface area (Å²) in [6, 6.07) is 7.47. The molecular weight excluding hydrogens is 382 g/mol. The molecule has 0 aliphatic carbocycles. The summed E-state index contributed by atoms with van der Waals surface area (Å²) in [6.45, 7) is 1.70. The standard InChI is InChI=1S/C19H22ClN5O3/c1-23-16-15(17(26)24(2)19(23)27)25(11-12-6-3-4-8-14(12)20)18(22-16)21-10-13-7-5-9-28-13/h3-4,6,8,13H,5,7,9-11H2,1-2H3,(H,21,22). The number of ether oxygens (including phenoxy) is 1. The predicted molar refractivity (Wildman–Crippen MR) is 108 cm³/mol. The Hall–Kier alpha value is -2.58. The zero-order valence-electron chi connectivity index (χ0n) is 15.8. The molecule has 148 valence electrons. The van der Waals surface area contributed by atoms with E-state index in [4.69, 9.17) is 16.3 Å². The Kier molecular flexibility index (Phi) is 4.99. The Morgan fingerprint density at radius 1 is 1.25 bits per heavy atom. The van der Waals surface area contributed by atoms with E-state index >= 15 is 0 Å². The van der Waals surface area contributed by atoms with Gasteiger partial charge in [-0.25, -0.2) is 4.79 Å². The summed E-state index contributed by atoms with van der Waals surface area (Å²) in [6.07, 6.45) is 2.13. The van der Waals surface area contributed by atoms with Gasteiger partial charge in [-0.2, -0.15) is 4.98 Å². The summed E-state index contributed by atoms with van der Waals surface area (Å²) in [5.41, 5.74) is 0.766. The second kappa shape index (κ2) is 7.44. The fraction of sp³-hybridized carbons (Fsp3) is 0.421. The molecule has 1 saturated heterocycles. The van der Waals surface area contributed by atoms with Crippen molar-refractivity contribution in [3.05, 3.63) is 55.7 Å². The maximum atomic E-state index is 12.9. The topological polar surface area (TPSA) is 83.1 Å². The molecule has 0 saturated carbocycles. The smallest absolute Gasteiger partial charge is 0.332 e. The van der Waals surface area contributed by atoms with Crippen LogP contribution in [0, 0.1) is 0 Å². The maximum Gasteiger partial charge on any atom is 0.332 e. The molecule has 0 bridgehead atoms. The van der Waals surface area contributed by atoms with E-state index in [1.54, 1.807) is 11.6 Å². The van der Waals surface area contributed by atoms with Crippen LogP contribution in [0.3, 0.4) is 0 Å². The number of nitrogens with zero attached hydrogens (tertiary/aromatic N) is 4. The van der Waals surface area contributed by atoms with Crippen LogP contribution >= 0.6 is 11.6 Å². The summed E-state index contributed by atoms with van der Waals surface area (Å²) in [5.74, 6) is 0.517. The second-order valence-corrected chi connectivity index (χ2v) is 7.41. The number of anilines is 1. The predicted octanol–water partition coefficient (Wildman–Crippen LogP) is 1.73. The lowest BCUT2D eigenvalue weighted by atomic mass is 10.2. The summed E-state index contributed by atoms with van der Waals surface area (Å²) in [5, 5.41) is 3.91. The molecule has 4 rings (SSSR count). The molecule has 3 aromatic rings. The summed E-state index contributed by atoms with van der Waals surface area (Å²) in [4.78, 5) is 29.8. The van der Waals surface area contributed by atoms with Crippen LogP contribution in [-0.2, 0) is 25.4 Å². The van der Waals surface area contributed by atoms with Crippen molar-refractivity contribution in [1.29, 1.82) is 0 Å². The Morgan fingerprint density at radius 2 is 2.04 bits per heavy atom. The van der Waals surface area contributed by atoms with E-state index < -0.39 is 5.69 Å². The highest BCUT2D eigenvalue weighted by atomic mass is 35.5. The molecule has 0 spiro atoms. The molecule has 1 fully saturated rings. The van der Waals surface area contributed by atoms with Crippen molar-refractivity contribution in [3.8, 4) is 0 Å². The molecule has 8 nitrogen and oxygen atoms in total. The molecular formula is C19H22ClN5O3. The van der Waals surface area contributed by atoms with E-state index in [2.05, 4.69) is 10.3 Å². The lowest BCUT2D eigenvalue weighted by Crippen LogP contribution is -2.37.